The Morgan fingerprint density at radius 3 is 2.12 bits per heavy atom. The Morgan fingerprint density at radius 1 is 1.19 bits per heavy atom. The largest absolute Gasteiger partial charge is 0.456 e. The van der Waals surface area contributed by atoms with E-state index >= 15 is 0 Å². The first-order valence-corrected chi connectivity index (χ1v) is 4.88. The van der Waals surface area contributed by atoms with Crippen LogP contribution in [-0.2, 0) is 9.53 Å². The van der Waals surface area contributed by atoms with Crippen LogP contribution in [0.25, 0.3) is 5.57 Å². The summed E-state index contributed by atoms with van der Waals surface area (Å²) in [7, 11) is 0. The SMILES string of the molecule is C=C(C(=O)OC(C)(C)C)c1ccccc1.Cl. The number of rotatable bonds is 2. The number of halogens is 1. The Kier molecular flexibility index (Phi) is 5.25. The van der Waals surface area contributed by atoms with Crippen LogP contribution in [0.15, 0.2) is 36.9 Å². The van der Waals surface area contributed by atoms with Crippen LogP contribution in [0.3, 0.4) is 0 Å². The molecule has 0 radical (unpaired) electrons. The molecule has 0 spiro atoms. The molecule has 2 nitrogen and oxygen atoms in total. The molecule has 0 saturated heterocycles. The van der Waals surface area contributed by atoms with Crippen molar-refractivity contribution in [1.82, 2.24) is 0 Å². The Balaban J connectivity index is 0.00000225. The molecule has 3 heteroatoms. The second kappa shape index (κ2) is 5.71. The molecule has 1 rings (SSSR count). The minimum atomic E-state index is -0.477. The molecule has 0 heterocycles. The van der Waals surface area contributed by atoms with E-state index in [2.05, 4.69) is 6.58 Å². The van der Waals surface area contributed by atoms with E-state index in [1.807, 2.05) is 51.1 Å². The fourth-order valence-electron chi connectivity index (χ4n) is 1.10. The summed E-state index contributed by atoms with van der Waals surface area (Å²) in [5.74, 6) is -0.367. The monoisotopic (exact) mass is 240 g/mol. The molecule has 0 aliphatic heterocycles. The first-order valence-electron chi connectivity index (χ1n) is 4.88. The van der Waals surface area contributed by atoms with Crippen molar-refractivity contribution >= 4 is 23.9 Å². The smallest absolute Gasteiger partial charge is 0.338 e. The number of benzene rings is 1. The van der Waals surface area contributed by atoms with Crippen LogP contribution in [0, 0.1) is 0 Å². The van der Waals surface area contributed by atoms with Crippen molar-refractivity contribution < 1.29 is 9.53 Å². The summed E-state index contributed by atoms with van der Waals surface area (Å²) >= 11 is 0. The van der Waals surface area contributed by atoms with Gasteiger partial charge in [-0.2, -0.15) is 0 Å². The predicted octanol–water partition coefficient (Wildman–Crippen LogP) is 3.46. The Bertz CT molecular complexity index is 363. The quantitative estimate of drug-likeness (QED) is 0.585. The third kappa shape index (κ3) is 4.49. The predicted molar refractivity (Wildman–Crippen MR) is 68.6 cm³/mol. The van der Waals surface area contributed by atoms with Crippen LogP contribution in [0.2, 0.25) is 0 Å². The summed E-state index contributed by atoms with van der Waals surface area (Å²) in [4.78, 5) is 11.6. The van der Waals surface area contributed by atoms with Crippen molar-refractivity contribution in [2.75, 3.05) is 0 Å². The van der Waals surface area contributed by atoms with Crippen molar-refractivity contribution in [1.29, 1.82) is 0 Å². The van der Waals surface area contributed by atoms with E-state index in [1.54, 1.807) is 0 Å². The van der Waals surface area contributed by atoms with E-state index in [4.69, 9.17) is 4.74 Å². The Hall–Kier alpha value is -1.28. The molecule has 0 bridgehead atoms. The molecule has 16 heavy (non-hydrogen) atoms. The summed E-state index contributed by atoms with van der Waals surface area (Å²) in [5.41, 5.74) is 0.715. The normalized spacial score (nSPS) is 10.2. The maximum absolute atomic E-state index is 11.6. The number of ether oxygens (including phenoxy) is 1. The van der Waals surface area contributed by atoms with Crippen LogP contribution in [0.4, 0.5) is 0 Å². The minimum absolute atomic E-state index is 0. The molecule has 1 aromatic rings. The van der Waals surface area contributed by atoms with Crippen molar-refractivity contribution in [2.24, 2.45) is 0 Å². The lowest BCUT2D eigenvalue weighted by Crippen LogP contribution is -2.24. The van der Waals surface area contributed by atoms with Crippen LogP contribution in [0.1, 0.15) is 26.3 Å². The summed E-state index contributed by atoms with van der Waals surface area (Å²) in [5, 5.41) is 0. The third-order valence-corrected chi connectivity index (χ3v) is 1.77. The van der Waals surface area contributed by atoms with Crippen LogP contribution in [0.5, 0.6) is 0 Å². The first-order chi connectivity index (χ1) is 6.90. The van der Waals surface area contributed by atoms with Gasteiger partial charge in [-0.3, -0.25) is 0 Å². The molecular formula is C13H17ClO2. The van der Waals surface area contributed by atoms with Gasteiger partial charge < -0.3 is 4.74 Å². The van der Waals surface area contributed by atoms with Gasteiger partial charge in [-0.1, -0.05) is 36.9 Å². The van der Waals surface area contributed by atoms with Crippen molar-refractivity contribution in [3.05, 3.63) is 42.5 Å². The average molecular weight is 241 g/mol. The molecule has 0 aromatic heterocycles. The molecule has 0 N–H and O–H groups in total. The van der Waals surface area contributed by atoms with Gasteiger partial charge in [-0.25, -0.2) is 4.79 Å². The summed E-state index contributed by atoms with van der Waals surface area (Å²) in [6, 6.07) is 9.31. The highest BCUT2D eigenvalue weighted by Crippen LogP contribution is 2.17. The molecule has 0 unspecified atom stereocenters. The highest BCUT2D eigenvalue weighted by atomic mass is 35.5. The molecule has 0 amide bonds. The van der Waals surface area contributed by atoms with Gasteiger partial charge in [0.25, 0.3) is 0 Å². The van der Waals surface area contributed by atoms with Gasteiger partial charge in [0.15, 0.2) is 0 Å². The van der Waals surface area contributed by atoms with E-state index in [0.717, 1.165) is 5.56 Å². The first kappa shape index (κ1) is 14.7. The lowest BCUT2D eigenvalue weighted by Gasteiger charge is -2.20. The topological polar surface area (TPSA) is 26.3 Å². The average Bonchev–Trinajstić information content (AvgIpc) is 2.15. The standard InChI is InChI=1S/C13H16O2.ClH/c1-10(11-8-6-5-7-9-11)12(14)15-13(2,3)4;/h5-9H,1H2,2-4H3;1H. The maximum Gasteiger partial charge on any atom is 0.338 e. The second-order valence-electron chi connectivity index (χ2n) is 4.35. The lowest BCUT2D eigenvalue weighted by atomic mass is 10.1. The minimum Gasteiger partial charge on any atom is -0.456 e. The van der Waals surface area contributed by atoms with E-state index in [9.17, 15) is 4.79 Å². The molecule has 0 fully saturated rings. The zero-order valence-electron chi connectivity index (χ0n) is 9.82. The third-order valence-electron chi connectivity index (χ3n) is 1.77. The number of carbonyl (C=O) groups excluding carboxylic acids is 1. The van der Waals surface area contributed by atoms with Gasteiger partial charge in [-0.15, -0.1) is 12.4 Å². The van der Waals surface area contributed by atoms with Crippen LogP contribution in [-0.4, -0.2) is 11.6 Å². The number of hydrogen-bond acceptors (Lipinski definition) is 2. The molecule has 0 aliphatic rings. The summed E-state index contributed by atoms with van der Waals surface area (Å²) < 4.78 is 5.22. The fraction of sp³-hybridized carbons (Fsp3) is 0.308. The van der Waals surface area contributed by atoms with Gasteiger partial charge in [0.1, 0.15) is 5.60 Å². The van der Waals surface area contributed by atoms with Gasteiger partial charge in [0.05, 0.1) is 5.57 Å². The van der Waals surface area contributed by atoms with Gasteiger partial charge in [0, 0.05) is 0 Å². The van der Waals surface area contributed by atoms with Gasteiger partial charge in [-0.05, 0) is 26.3 Å². The molecule has 0 aliphatic carbocycles. The highest BCUT2D eigenvalue weighted by molar-refractivity contribution is 6.15. The Morgan fingerprint density at radius 2 is 1.69 bits per heavy atom. The van der Waals surface area contributed by atoms with Crippen molar-refractivity contribution in [3.63, 3.8) is 0 Å². The van der Waals surface area contributed by atoms with E-state index in [-0.39, 0.29) is 18.4 Å². The number of esters is 1. The highest BCUT2D eigenvalue weighted by Gasteiger charge is 2.19. The van der Waals surface area contributed by atoms with Crippen molar-refractivity contribution in [2.45, 2.75) is 26.4 Å². The Labute approximate surface area is 103 Å². The molecule has 0 atom stereocenters. The zero-order chi connectivity index (χ0) is 11.5. The molecular weight excluding hydrogens is 224 g/mol. The second-order valence-corrected chi connectivity index (χ2v) is 4.35. The molecule has 1 aromatic carbocycles. The summed E-state index contributed by atoms with van der Waals surface area (Å²) in [6.45, 7) is 9.24. The maximum atomic E-state index is 11.6. The van der Waals surface area contributed by atoms with Crippen LogP contribution < -0.4 is 0 Å². The van der Waals surface area contributed by atoms with E-state index in [0.29, 0.717) is 5.57 Å². The van der Waals surface area contributed by atoms with E-state index < -0.39 is 5.60 Å². The number of carbonyl (C=O) groups is 1. The summed E-state index contributed by atoms with van der Waals surface area (Å²) in [6.07, 6.45) is 0. The van der Waals surface area contributed by atoms with Crippen molar-refractivity contribution in [3.8, 4) is 0 Å². The van der Waals surface area contributed by atoms with Gasteiger partial charge >= 0.3 is 5.97 Å². The lowest BCUT2D eigenvalue weighted by molar-refractivity contribution is -0.147. The van der Waals surface area contributed by atoms with Crippen LogP contribution >= 0.6 is 12.4 Å². The van der Waals surface area contributed by atoms with E-state index in [1.165, 1.54) is 0 Å². The fourth-order valence-corrected chi connectivity index (χ4v) is 1.10. The number of hydrogen-bond donors (Lipinski definition) is 0. The molecule has 0 saturated carbocycles. The zero-order valence-corrected chi connectivity index (χ0v) is 10.6. The van der Waals surface area contributed by atoms with Gasteiger partial charge in [0.2, 0.25) is 0 Å². The molecule has 88 valence electrons.